The highest BCUT2D eigenvalue weighted by atomic mass is 35.5. The number of anilines is 1. The van der Waals surface area contributed by atoms with Gasteiger partial charge in [-0.15, -0.1) is 0 Å². The average molecular weight is 368 g/mol. The van der Waals surface area contributed by atoms with Gasteiger partial charge in [-0.25, -0.2) is 9.37 Å². The number of nitrogens with one attached hydrogen (secondary N) is 1. The van der Waals surface area contributed by atoms with Crippen molar-refractivity contribution in [3.05, 3.63) is 77.6 Å². The summed E-state index contributed by atoms with van der Waals surface area (Å²) in [5.74, 6) is 0.377. The Hall–Kier alpha value is -2.99. The summed E-state index contributed by atoms with van der Waals surface area (Å²) in [4.78, 5) is 8.72. The van der Waals surface area contributed by atoms with E-state index in [2.05, 4.69) is 20.4 Å². The maximum atomic E-state index is 13.4. The second kappa shape index (κ2) is 7.09. The van der Waals surface area contributed by atoms with Crippen molar-refractivity contribution in [3.8, 4) is 11.1 Å². The van der Waals surface area contributed by atoms with Gasteiger partial charge in [0.1, 0.15) is 11.6 Å². The van der Waals surface area contributed by atoms with Gasteiger partial charge in [-0.2, -0.15) is 9.61 Å². The number of halogens is 2. The number of hydrogen-bond donors (Lipinski definition) is 1. The van der Waals surface area contributed by atoms with E-state index in [4.69, 9.17) is 11.6 Å². The molecule has 3 heterocycles. The molecular weight excluding hydrogens is 353 g/mol. The normalized spacial score (nSPS) is 11.0. The van der Waals surface area contributed by atoms with E-state index < -0.39 is 5.82 Å². The third-order valence-corrected chi connectivity index (χ3v) is 4.33. The lowest BCUT2D eigenvalue weighted by atomic mass is 10.1. The molecule has 0 atom stereocenters. The lowest BCUT2D eigenvalue weighted by Gasteiger charge is -2.08. The van der Waals surface area contributed by atoms with Gasteiger partial charge in [0.2, 0.25) is 0 Å². The molecule has 3 aromatic heterocycles. The van der Waals surface area contributed by atoms with Gasteiger partial charge in [0.15, 0.2) is 5.65 Å². The minimum atomic E-state index is -0.447. The number of pyridine rings is 1. The predicted octanol–water partition coefficient (Wildman–Crippen LogP) is 4.24. The number of aromatic nitrogens is 4. The van der Waals surface area contributed by atoms with E-state index in [1.54, 1.807) is 35.2 Å². The Kier molecular flexibility index (Phi) is 4.50. The molecule has 4 aromatic rings. The van der Waals surface area contributed by atoms with Crippen molar-refractivity contribution in [2.75, 3.05) is 11.9 Å². The molecule has 0 radical (unpaired) electrons. The van der Waals surface area contributed by atoms with Crippen molar-refractivity contribution in [1.29, 1.82) is 0 Å². The van der Waals surface area contributed by atoms with Gasteiger partial charge in [0.05, 0.1) is 11.2 Å². The number of rotatable bonds is 5. The Morgan fingerprint density at radius 3 is 2.81 bits per heavy atom. The van der Waals surface area contributed by atoms with Crippen molar-refractivity contribution < 1.29 is 4.39 Å². The first-order valence-electron chi connectivity index (χ1n) is 8.14. The van der Waals surface area contributed by atoms with Crippen molar-refractivity contribution in [3.63, 3.8) is 0 Å². The average Bonchev–Trinajstić information content (AvgIpc) is 3.10. The number of benzene rings is 1. The molecule has 0 aliphatic carbocycles. The zero-order chi connectivity index (χ0) is 17.9. The fraction of sp³-hybridized carbons (Fsp3) is 0.105. The highest BCUT2D eigenvalue weighted by Crippen LogP contribution is 2.28. The van der Waals surface area contributed by atoms with Crippen LogP contribution in [-0.2, 0) is 6.42 Å². The van der Waals surface area contributed by atoms with E-state index >= 15 is 0 Å². The molecule has 0 spiro atoms. The van der Waals surface area contributed by atoms with Crippen LogP contribution in [0.4, 0.5) is 10.2 Å². The monoisotopic (exact) mass is 367 g/mol. The molecule has 0 unspecified atom stereocenters. The van der Waals surface area contributed by atoms with E-state index in [0.29, 0.717) is 12.2 Å². The first-order valence-corrected chi connectivity index (χ1v) is 8.52. The van der Waals surface area contributed by atoms with E-state index in [9.17, 15) is 4.39 Å². The van der Waals surface area contributed by atoms with E-state index in [1.165, 1.54) is 6.07 Å². The van der Waals surface area contributed by atoms with Crippen molar-refractivity contribution in [1.82, 2.24) is 19.6 Å². The molecule has 0 saturated heterocycles. The summed E-state index contributed by atoms with van der Waals surface area (Å²) in [6.07, 6.45) is 6.00. The zero-order valence-corrected chi connectivity index (χ0v) is 14.5. The van der Waals surface area contributed by atoms with Crippen LogP contribution in [-0.4, -0.2) is 26.1 Å². The lowest BCUT2D eigenvalue weighted by molar-refractivity contribution is 0.628. The van der Waals surface area contributed by atoms with E-state index in [0.717, 1.165) is 29.1 Å². The highest BCUT2D eigenvalue weighted by Gasteiger charge is 2.12. The summed E-state index contributed by atoms with van der Waals surface area (Å²) in [5.41, 5.74) is 3.26. The van der Waals surface area contributed by atoms with Crippen LogP contribution in [0.15, 0.2) is 61.1 Å². The maximum absolute atomic E-state index is 13.4. The molecule has 0 bridgehead atoms. The van der Waals surface area contributed by atoms with Gasteiger partial charge >= 0.3 is 0 Å². The molecule has 0 aliphatic rings. The minimum absolute atomic E-state index is 0.0755. The van der Waals surface area contributed by atoms with Crippen molar-refractivity contribution in [2.24, 2.45) is 0 Å². The Morgan fingerprint density at radius 2 is 2.00 bits per heavy atom. The molecule has 1 N–H and O–H groups in total. The molecule has 1 aromatic carbocycles. The van der Waals surface area contributed by atoms with Crippen LogP contribution >= 0.6 is 11.6 Å². The third kappa shape index (κ3) is 3.23. The third-order valence-electron chi connectivity index (χ3n) is 4.05. The molecule has 0 fully saturated rings. The summed E-state index contributed by atoms with van der Waals surface area (Å²) in [6, 6.07) is 12.3. The summed E-state index contributed by atoms with van der Waals surface area (Å²) < 4.78 is 15.1. The Morgan fingerprint density at radius 1 is 1.08 bits per heavy atom. The summed E-state index contributed by atoms with van der Waals surface area (Å²) in [6.45, 7) is 0.716. The number of fused-ring (bicyclic) bond motifs is 1. The number of nitrogens with zero attached hydrogens (tertiary/aromatic N) is 4. The fourth-order valence-electron chi connectivity index (χ4n) is 2.76. The lowest BCUT2D eigenvalue weighted by Crippen LogP contribution is -2.09. The topological polar surface area (TPSA) is 55.1 Å². The van der Waals surface area contributed by atoms with Gasteiger partial charge in [-0.3, -0.25) is 4.98 Å². The van der Waals surface area contributed by atoms with Gasteiger partial charge in [-0.1, -0.05) is 23.7 Å². The summed E-state index contributed by atoms with van der Waals surface area (Å²) >= 11 is 5.90. The summed E-state index contributed by atoms with van der Waals surface area (Å²) in [7, 11) is 0. The minimum Gasteiger partial charge on any atom is -0.370 e. The molecule has 5 nitrogen and oxygen atoms in total. The van der Waals surface area contributed by atoms with Gasteiger partial charge in [-0.05, 0) is 35.9 Å². The molecular formula is C19H15ClFN5. The number of hydrogen-bond acceptors (Lipinski definition) is 4. The van der Waals surface area contributed by atoms with Crippen LogP contribution in [0.1, 0.15) is 5.69 Å². The molecule has 26 heavy (non-hydrogen) atoms. The second-order valence-corrected chi connectivity index (χ2v) is 6.16. The Bertz CT molecular complexity index is 1050. The maximum Gasteiger partial charge on any atom is 0.165 e. The highest BCUT2D eigenvalue weighted by molar-refractivity contribution is 6.31. The molecule has 0 amide bonds. The quantitative estimate of drug-likeness (QED) is 0.573. The van der Waals surface area contributed by atoms with Crippen LogP contribution in [0.2, 0.25) is 5.02 Å². The fourth-order valence-corrected chi connectivity index (χ4v) is 2.94. The first kappa shape index (κ1) is 16.5. The van der Waals surface area contributed by atoms with Crippen LogP contribution in [0, 0.1) is 5.82 Å². The van der Waals surface area contributed by atoms with Crippen molar-refractivity contribution in [2.45, 2.75) is 6.42 Å². The largest absolute Gasteiger partial charge is 0.370 e. The second-order valence-electron chi connectivity index (χ2n) is 5.75. The smallest absolute Gasteiger partial charge is 0.165 e. The van der Waals surface area contributed by atoms with E-state index in [-0.39, 0.29) is 5.02 Å². The van der Waals surface area contributed by atoms with Crippen LogP contribution in [0.25, 0.3) is 16.8 Å². The molecule has 7 heteroatoms. The van der Waals surface area contributed by atoms with Gasteiger partial charge in [0, 0.05) is 36.6 Å². The summed E-state index contributed by atoms with van der Waals surface area (Å²) in [5, 5.41) is 7.84. The van der Waals surface area contributed by atoms with Crippen LogP contribution in [0.5, 0.6) is 0 Å². The molecule has 0 aliphatic heterocycles. The molecule has 130 valence electrons. The standard InChI is InChI=1S/C19H15ClFN5/c20-16-11-13(4-5-17(16)21)15-12-25-26-18(7-10-24-19(15)26)23-9-6-14-3-1-2-8-22-14/h1-5,7-8,10-12,23H,6,9H2. The van der Waals surface area contributed by atoms with Gasteiger partial charge in [0.25, 0.3) is 0 Å². The van der Waals surface area contributed by atoms with Crippen LogP contribution in [0.3, 0.4) is 0 Å². The van der Waals surface area contributed by atoms with Crippen LogP contribution < -0.4 is 5.32 Å². The Labute approximate surface area is 154 Å². The zero-order valence-electron chi connectivity index (χ0n) is 13.7. The molecule has 4 rings (SSSR count). The molecule has 0 saturated carbocycles. The van der Waals surface area contributed by atoms with E-state index in [1.807, 2.05) is 24.3 Å². The Balaban J connectivity index is 1.59. The van der Waals surface area contributed by atoms with Crippen molar-refractivity contribution >= 4 is 23.1 Å². The predicted molar refractivity (Wildman–Crippen MR) is 99.8 cm³/mol. The first-order chi connectivity index (χ1) is 12.7. The van der Waals surface area contributed by atoms with Gasteiger partial charge < -0.3 is 5.32 Å². The SMILES string of the molecule is Fc1ccc(-c2cnn3c(NCCc4ccccn4)ccnc23)cc1Cl.